The maximum absolute atomic E-state index is 11.3. The lowest BCUT2D eigenvalue weighted by molar-refractivity contribution is -0.116. The quantitative estimate of drug-likeness (QED) is 0.681. The molecule has 1 aliphatic rings. The molecule has 0 bridgehead atoms. The van der Waals surface area contributed by atoms with Crippen LogP contribution in [0.3, 0.4) is 0 Å². The third-order valence-corrected chi connectivity index (χ3v) is 2.46. The van der Waals surface area contributed by atoms with E-state index in [-0.39, 0.29) is 5.91 Å². The molecule has 1 aromatic rings. The number of benzene rings is 1. The summed E-state index contributed by atoms with van der Waals surface area (Å²) in [5, 5.41) is 2.83. The van der Waals surface area contributed by atoms with Gasteiger partial charge in [0.15, 0.2) is 0 Å². The summed E-state index contributed by atoms with van der Waals surface area (Å²) in [4.78, 5) is 11.3. The molecule has 0 radical (unpaired) electrons. The molecule has 1 aliphatic heterocycles. The number of aryl methyl sites for hydroxylation is 2. The van der Waals surface area contributed by atoms with E-state index >= 15 is 0 Å². The standard InChI is InChI=1S/C11H13NO2/c1-7-5-9-10(6-8(7)2)14-4-3-11(13)12-9/h5-6H,3-4H2,1-2H3,(H,12,13). The van der Waals surface area contributed by atoms with Crippen LogP contribution < -0.4 is 10.1 Å². The number of carbonyl (C=O) groups excluding carboxylic acids is 1. The Morgan fingerprint density at radius 2 is 2.00 bits per heavy atom. The van der Waals surface area contributed by atoms with Crippen LogP contribution in [0, 0.1) is 13.8 Å². The lowest BCUT2D eigenvalue weighted by Crippen LogP contribution is -2.10. The van der Waals surface area contributed by atoms with Crippen LogP contribution in [0.4, 0.5) is 5.69 Å². The zero-order valence-corrected chi connectivity index (χ0v) is 8.39. The Morgan fingerprint density at radius 1 is 1.29 bits per heavy atom. The van der Waals surface area contributed by atoms with Crippen molar-refractivity contribution in [1.29, 1.82) is 0 Å². The van der Waals surface area contributed by atoms with Gasteiger partial charge in [-0.2, -0.15) is 0 Å². The lowest BCUT2D eigenvalue weighted by atomic mass is 10.1. The van der Waals surface area contributed by atoms with Crippen molar-refractivity contribution in [2.45, 2.75) is 20.3 Å². The number of nitrogens with one attached hydrogen (secondary N) is 1. The molecule has 0 atom stereocenters. The molecular weight excluding hydrogens is 178 g/mol. The van der Waals surface area contributed by atoms with Gasteiger partial charge in [0.2, 0.25) is 5.91 Å². The third kappa shape index (κ3) is 1.58. The van der Waals surface area contributed by atoms with Gasteiger partial charge in [-0.15, -0.1) is 0 Å². The van der Waals surface area contributed by atoms with Gasteiger partial charge in [-0.3, -0.25) is 4.79 Å². The van der Waals surface area contributed by atoms with Gasteiger partial charge < -0.3 is 10.1 Å². The minimum absolute atomic E-state index is 0.0204. The van der Waals surface area contributed by atoms with E-state index in [1.165, 1.54) is 5.56 Å². The van der Waals surface area contributed by atoms with Crippen molar-refractivity contribution in [2.75, 3.05) is 11.9 Å². The SMILES string of the molecule is Cc1cc2c(cc1C)OCCC(=O)N2. The van der Waals surface area contributed by atoms with Gasteiger partial charge in [0, 0.05) is 0 Å². The normalized spacial score (nSPS) is 15.1. The van der Waals surface area contributed by atoms with Crippen molar-refractivity contribution in [3.05, 3.63) is 23.3 Å². The first-order valence-electron chi connectivity index (χ1n) is 4.71. The summed E-state index contributed by atoms with van der Waals surface area (Å²) >= 11 is 0. The van der Waals surface area contributed by atoms with Gasteiger partial charge in [0.1, 0.15) is 5.75 Å². The zero-order valence-electron chi connectivity index (χ0n) is 8.39. The van der Waals surface area contributed by atoms with Gasteiger partial charge >= 0.3 is 0 Å². The zero-order chi connectivity index (χ0) is 10.1. The molecule has 1 heterocycles. The summed E-state index contributed by atoms with van der Waals surface area (Å²) in [5.74, 6) is 0.797. The second-order valence-corrected chi connectivity index (χ2v) is 3.58. The predicted octanol–water partition coefficient (Wildman–Crippen LogP) is 2.02. The highest BCUT2D eigenvalue weighted by Crippen LogP contribution is 2.29. The molecule has 0 saturated heterocycles. The van der Waals surface area contributed by atoms with Gasteiger partial charge in [-0.1, -0.05) is 0 Å². The third-order valence-electron chi connectivity index (χ3n) is 2.46. The summed E-state index contributed by atoms with van der Waals surface area (Å²) in [6.07, 6.45) is 0.423. The van der Waals surface area contributed by atoms with E-state index < -0.39 is 0 Å². The number of amides is 1. The van der Waals surface area contributed by atoms with Crippen molar-refractivity contribution in [3.8, 4) is 5.75 Å². The average molecular weight is 191 g/mol. The minimum Gasteiger partial charge on any atom is -0.491 e. The fraction of sp³-hybridized carbons (Fsp3) is 0.364. The molecule has 0 spiro atoms. The molecule has 74 valence electrons. The van der Waals surface area contributed by atoms with Crippen LogP contribution in [-0.2, 0) is 4.79 Å². The van der Waals surface area contributed by atoms with Crippen LogP contribution in [0.5, 0.6) is 5.75 Å². The molecule has 0 fully saturated rings. The first kappa shape index (κ1) is 9.06. The van der Waals surface area contributed by atoms with Crippen molar-refractivity contribution in [1.82, 2.24) is 0 Å². The van der Waals surface area contributed by atoms with E-state index in [0.29, 0.717) is 13.0 Å². The first-order valence-corrected chi connectivity index (χ1v) is 4.71. The Balaban J connectivity index is 2.46. The lowest BCUT2D eigenvalue weighted by Gasteiger charge is -2.09. The predicted molar refractivity (Wildman–Crippen MR) is 54.7 cm³/mol. The maximum atomic E-state index is 11.3. The number of hydrogen-bond acceptors (Lipinski definition) is 2. The molecule has 0 aliphatic carbocycles. The summed E-state index contributed by atoms with van der Waals surface area (Å²) in [7, 11) is 0. The van der Waals surface area contributed by atoms with E-state index in [9.17, 15) is 4.79 Å². The summed E-state index contributed by atoms with van der Waals surface area (Å²) in [5.41, 5.74) is 3.13. The smallest absolute Gasteiger partial charge is 0.227 e. The largest absolute Gasteiger partial charge is 0.491 e. The Bertz CT molecular complexity index is 385. The number of anilines is 1. The van der Waals surface area contributed by atoms with Crippen molar-refractivity contribution < 1.29 is 9.53 Å². The van der Waals surface area contributed by atoms with Gasteiger partial charge in [0.05, 0.1) is 18.7 Å². The molecule has 0 aromatic heterocycles. The van der Waals surface area contributed by atoms with Gasteiger partial charge in [-0.25, -0.2) is 0 Å². The highest BCUT2D eigenvalue weighted by Gasteiger charge is 2.14. The van der Waals surface area contributed by atoms with Crippen LogP contribution in [0.2, 0.25) is 0 Å². The number of ether oxygens (including phenoxy) is 1. The molecular formula is C11H13NO2. The van der Waals surface area contributed by atoms with Crippen LogP contribution in [0.15, 0.2) is 12.1 Å². The second kappa shape index (κ2) is 3.33. The Morgan fingerprint density at radius 3 is 2.79 bits per heavy atom. The molecule has 2 rings (SSSR count). The van der Waals surface area contributed by atoms with Crippen molar-refractivity contribution in [3.63, 3.8) is 0 Å². The molecule has 0 unspecified atom stereocenters. The average Bonchev–Trinajstić information content (AvgIpc) is 2.28. The Labute approximate surface area is 83.1 Å². The molecule has 1 amide bonds. The highest BCUT2D eigenvalue weighted by molar-refractivity contribution is 5.93. The molecule has 3 heteroatoms. The topological polar surface area (TPSA) is 38.3 Å². The number of carbonyl (C=O) groups is 1. The first-order chi connectivity index (χ1) is 6.66. The summed E-state index contributed by atoms with van der Waals surface area (Å²) in [6, 6.07) is 3.92. The Hall–Kier alpha value is -1.51. The summed E-state index contributed by atoms with van der Waals surface area (Å²) in [6.45, 7) is 4.51. The van der Waals surface area contributed by atoms with Crippen LogP contribution >= 0.6 is 0 Å². The van der Waals surface area contributed by atoms with Gasteiger partial charge in [-0.05, 0) is 37.1 Å². The summed E-state index contributed by atoms with van der Waals surface area (Å²) < 4.78 is 5.47. The molecule has 3 nitrogen and oxygen atoms in total. The van der Waals surface area contributed by atoms with Gasteiger partial charge in [0.25, 0.3) is 0 Å². The number of rotatable bonds is 0. The minimum atomic E-state index is 0.0204. The van der Waals surface area contributed by atoms with E-state index in [4.69, 9.17) is 4.74 Å². The fourth-order valence-corrected chi connectivity index (χ4v) is 1.47. The van der Waals surface area contributed by atoms with E-state index in [1.54, 1.807) is 0 Å². The molecule has 14 heavy (non-hydrogen) atoms. The monoisotopic (exact) mass is 191 g/mol. The van der Waals surface area contributed by atoms with Crippen molar-refractivity contribution >= 4 is 11.6 Å². The highest BCUT2D eigenvalue weighted by atomic mass is 16.5. The fourth-order valence-electron chi connectivity index (χ4n) is 1.47. The van der Waals surface area contributed by atoms with Crippen LogP contribution in [0.25, 0.3) is 0 Å². The molecule has 0 saturated carbocycles. The number of fused-ring (bicyclic) bond motifs is 1. The van der Waals surface area contributed by atoms with Crippen molar-refractivity contribution in [2.24, 2.45) is 0 Å². The maximum Gasteiger partial charge on any atom is 0.227 e. The van der Waals surface area contributed by atoms with E-state index in [2.05, 4.69) is 5.32 Å². The molecule has 1 aromatic carbocycles. The van der Waals surface area contributed by atoms with E-state index in [0.717, 1.165) is 17.0 Å². The number of hydrogen-bond donors (Lipinski definition) is 1. The van der Waals surface area contributed by atoms with Crippen LogP contribution in [0.1, 0.15) is 17.5 Å². The second-order valence-electron chi connectivity index (χ2n) is 3.58. The van der Waals surface area contributed by atoms with Crippen LogP contribution in [-0.4, -0.2) is 12.5 Å². The van der Waals surface area contributed by atoms with E-state index in [1.807, 2.05) is 26.0 Å². The molecule has 1 N–H and O–H groups in total. The Kier molecular flexibility index (Phi) is 2.15.